The van der Waals surface area contributed by atoms with Gasteiger partial charge in [0, 0.05) is 19.7 Å². The van der Waals surface area contributed by atoms with Crippen molar-refractivity contribution < 1.29 is 14.8 Å². The Balaban J connectivity index is 1.84. The fourth-order valence-electron chi connectivity index (χ4n) is 2.62. The van der Waals surface area contributed by atoms with E-state index >= 15 is 0 Å². The predicted octanol–water partition coefficient (Wildman–Crippen LogP) is 0.536. The van der Waals surface area contributed by atoms with Gasteiger partial charge in [-0.05, 0) is 26.7 Å². The number of nitrogens with zero attached hydrogens (tertiary/aromatic N) is 3. The summed E-state index contributed by atoms with van der Waals surface area (Å²) in [4.78, 5) is 10.5. The van der Waals surface area contributed by atoms with Gasteiger partial charge in [0.2, 0.25) is 0 Å². The summed E-state index contributed by atoms with van der Waals surface area (Å²) in [5, 5.41) is 28.3. The third-order valence-corrected chi connectivity index (χ3v) is 3.98. The van der Waals surface area contributed by atoms with Crippen LogP contribution in [0.15, 0.2) is 0 Å². The van der Waals surface area contributed by atoms with Gasteiger partial charge in [0.15, 0.2) is 0 Å². The van der Waals surface area contributed by atoms with E-state index in [4.69, 9.17) is 4.74 Å². The van der Waals surface area contributed by atoms with Crippen LogP contribution >= 0.6 is 0 Å². The van der Waals surface area contributed by atoms with E-state index in [1.807, 2.05) is 0 Å². The number of aromatic nitrogens is 2. The number of nitrogens with one attached hydrogen (secondary N) is 1. The van der Waals surface area contributed by atoms with Crippen LogP contribution in [0.1, 0.15) is 24.2 Å². The number of aliphatic hydroxyl groups is 1. The van der Waals surface area contributed by atoms with Crippen molar-refractivity contribution in [1.82, 2.24) is 15.1 Å². The molecule has 21 heavy (non-hydrogen) atoms. The summed E-state index contributed by atoms with van der Waals surface area (Å²) in [6.45, 7) is 3.93. The quantitative estimate of drug-likeness (QED) is 0.562. The van der Waals surface area contributed by atoms with E-state index < -0.39 is 11.0 Å². The first kappa shape index (κ1) is 15.9. The van der Waals surface area contributed by atoms with Crippen LogP contribution in [-0.4, -0.2) is 51.7 Å². The molecule has 118 valence electrons. The van der Waals surface area contributed by atoms with E-state index in [2.05, 4.69) is 10.4 Å². The molecule has 0 amide bonds. The molecule has 1 aromatic heterocycles. The first-order valence-corrected chi connectivity index (χ1v) is 7.05. The van der Waals surface area contributed by atoms with Gasteiger partial charge in [0.05, 0.1) is 23.7 Å². The lowest BCUT2D eigenvalue weighted by molar-refractivity contribution is -0.386. The van der Waals surface area contributed by atoms with Crippen LogP contribution in [0.3, 0.4) is 0 Å². The molecule has 1 heterocycles. The minimum absolute atomic E-state index is 0.0251. The van der Waals surface area contributed by atoms with E-state index in [0.29, 0.717) is 30.1 Å². The smallest absolute Gasteiger partial charge is 0.312 e. The number of rotatable bonds is 7. The van der Waals surface area contributed by atoms with Crippen molar-refractivity contribution in [3.05, 3.63) is 21.5 Å². The van der Waals surface area contributed by atoms with Crippen LogP contribution in [0.2, 0.25) is 0 Å². The van der Waals surface area contributed by atoms with Crippen LogP contribution in [0.5, 0.6) is 0 Å². The third-order valence-electron chi connectivity index (χ3n) is 3.98. The van der Waals surface area contributed by atoms with Crippen molar-refractivity contribution in [3.63, 3.8) is 0 Å². The van der Waals surface area contributed by atoms with E-state index in [-0.39, 0.29) is 12.2 Å². The van der Waals surface area contributed by atoms with E-state index in [1.54, 1.807) is 21.0 Å². The summed E-state index contributed by atoms with van der Waals surface area (Å²) in [7, 11) is 1.70. The largest absolute Gasteiger partial charge is 0.390 e. The second-order valence-corrected chi connectivity index (χ2v) is 5.55. The van der Waals surface area contributed by atoms with Crippen LogP contribution in [0.4, 0.5) is 5.69 Å². The van der Waals surface area contributed by atoms with Gasteiger partial charge in [-0.1, -0.05) is 0 Å². The molecular formula is C13H22N4O4. The topological polar surface area (TPSA) is 102 Å². The Hall–Kier alpha value is -1.51. The highest BCUT2D eigenvalue weighted by Crippen LogP contribution is 2.23. The summed E-state index contributed by atoms with van der Waals surface area (Å²) in [6.07, 6.45) is 1.59. The van der Waals surface area contributed by atoms with E-state index in [9.17, 15) is 15.2 Å². The lowest BCUT2D eigenvalue weighted by atomic mass is 9.89. The highest BCUT2D eigenvalue weighted by molar-refractivity contribution is 5.39. The third kappa shape index (κ3) is 3.58. The number of hydrogen-bond donors (Lipinski definition) is 2. The van der Waals surface area contributed by atoms with Crippen molar-refractivity contribution in [3.8, 4) is 0 Å². The fraction of sp³-hybridized carbons (Fsp3) is 0.769. The van der Waals surface area contributed by atoms with Gasteiger partial charge < -0.3 is 15.2 Å². The summed E-state index contributed by atoms with van der Waals surface area (Å²) in [5.41, 5.74) is 0.872. The summed E-state index contributed by atoms with van der Waals surface area (Å²) >= 11 is 0. The van der Waals surface area contributed by atoms with Crippen molar-refractivity contribution in [2.45, 2.75) is 51.5 Å². The van der Waals surface area contributed by atoms with E-state index in [0.717, 1.165) is 12.8 Å². The highest BCUT2D eigenvalue weighted by atomic mass is 16.6. The molecule has 1 saturated carbocycles. The Morgan fingerprint density at radius 1 is 1.57 bits per heavy atom. The SMILES string of the molecule is COC1CC(NCC(O)Cn2nc(C)c([N+](=O)[O-])c2C)C1. The molecule has 2 rings (SSSR count). The minimum atomic E-state index is -0.635. The van der Waals surface area contributed by atoms with Crippen LogP contribution < -0.4 is 5.32 Å². The van der Waals surface area contributed by atoms with Gasteiger partial charge in [-0.3, -0.25) is 14.8 Å². The molecule has 0 bridgehead atoms. The highest BCUT2D eigenvalue weighted by Gasteiger charge is 2.29. The number of nitro groups is 1. The molecule has 1 unspecified atom stereocenters. The Kier molecular flexibility index (Phi) is 4.92. The van der Waals surface area contributed by atoms with Gasteiger partial charge in [0.1, 0.15) is 11.4 Å². The Labute approximate surface area is 123 Å². The monoisotopic (exact) mass is 298 g/mol. The van der Waals surface area contributed by atoms with Crippen LogP contribution in [0.25, 0.3) is 0 Å². The van der Waals surface area contributed by atoms with Crippen LogP contribution in [0, 0.1) is 24.0 Å². The maximum absolute atomic E-state index is 10.9. The minimum Gasteiger partial charge on any atom is -0.390 e. The molecule has 1 aromatic rings. The predicted molar refractivity (Wildman–Crippen MR) is 76.2 cm³/mol. The summed E-state index contributed by atoms with van der Waals surface area (Å²) in [5.74, 6) is 0. The number of methoxy groups -OCH3 is 1. The van der Waals surface area contributed by atoms with Gasteiger partial charge >= 0.3 is 5.69 Å². The normalized spacial score (nSPS) is 22.9. The maximum atomic E-state index is 10.9. The van der Waals surface area contributed by atoms with Crippen molar-refractivity contribution >= 4 is 5.69 Å². The average molecular weight is 298 g/mol. The molecule has 8 heteroatoms. The number of aryl methyl sites for hydroxylation is 1. The Bertz CT molecular complexity index is 511. The van der Waals surface area contributed by atoms with Crippen molar-refractivity contribution in [2.75, 3.05) is 13.7 Å². The van der Waals surface area contributed by atoms with Crippen molar-refractivity contribution in [1.29, 1.82) is 0 Å². The lowest BCUT2D eigenvalue weighted by Crippen LogP contribution is -2.47. The zero-order chi connectivity index (χ0) is 15.6. The zero-order valence-electron chi connectivity index (χ0n) is 12.6. The molecule has 2 N–H and O–H groups in total. The number of ether oxygens (including phenoxy) is 1. The summed E-state index contributed by atoms with van der Waals surface area (Å²) in [6, 6.07) is 0.374. The molecule has 0 aromatic carbocycles. The molecule has 0 saturated heterocycles. The van der Waals surface area contributed by atoms with Crippen LogP contribution in [-0.2, 0) is 11.3 Å². The molecule has 8 nitrogen and oxygen atoms in total. The zero-order valence-corrected chi connectivity index (χ0v) is 12.6. The molecule has 1 aliphatic rings. The molecule has 0 aliphatic heterocycles. The molecule has 1 fully saturated rings. The number of aliphatic hydroxyl groups excluding tert-OH is 1. The van der Waals surface area contributed by atoms with Gasteiger partial charge in [-0.15, -0.1) is 0 Å². The first-order chi connectivity index (χ1) is 9.92. The number of hydrogen-bond acceptors (Lipinski definition) is 6. The van der Waals surface area contributed by atoms with E-state index in [1.165, 1.54) is 4.68 Å². The van der Waals surface area contributed by atoms with Gasteiger partial charge in [0.25, 0.3) is 0 Å². The molecule has 1 atom stereocenters. The van der Waals surface area contributed by atoms with Crippen molar-refractivity contribution in [2.24, 2.45) is 0 Å². The molecule has 0 radical (unpaired) electrons. The standard InChI is InChI=1S/C13H22N4O4/c1-8-13(17(19)20)9(2)16(15-8)7-11(18)6-14-10-4-12(5-10)21-3/h10-12,14,18H,4-7H2,1-3H3. The molecule has 0 spiro atoms. The lowest BCUT2D eigenvalue weighted by Gasteiger charge is -2.35. The fourth-order valence-corrected chi connectivity index (χ4v) is 2.62. The average Bonchev–Trinajstić information content (AvgIpc) is 2.62. The summed E-state index contributed by atoms with van der Waals surface area (Å²) < 4.78 is 6.69. The first-order valence-electron chi connectivity index (χ1n) is 7.05. The maximum Gasteiger partial charge on any atom is 0.312 e. The van der Waals surface area contributed by atoms with Gasteiger partial charge in [-0.25, -0.2) is 0 Å². The second kappa shape index (κ2) is 6.50. The molecular weight excluding hydrogens is 276 g/mol. The van der Waals surface area contributed by atoms with Gasteiger partial charge in [-0.2, -0.15) is 5.10 Å². The Morgan fingerprint density at radius 3 is 2.76 bits per heavy atom. The molecule has 1 aliphatic carbocycles. The Morgan fingerprint density at radius 2 is 2.24 bits per heavy atom. The second-order valence-electron chi connectivity index (χ2n) is 5.55.